The monoisotopic (exact) mass is 370 g/mol. The Labute approximate surface area is 148 Å². The lowest BCUT2D eigenvalue weighted by molar-refractivity contribution is -0.131. The fourth-order valence-corrected chi connectivity index (χ4v) is 4.95. The van der Waals surface area contributed by atoms with Crippen LogP contribution in [0.15, 0.2) is 11.1 Å². The van der Waals surface area contributed by atoms with Crippen molar-refractivity contribution in [1.29, 1.82) is 0 Å². The Bertz CT molecular complexity index is 754. The minimum Gasteiger partial charge on any atom is -0.380 e. The second kappa shape index (κ2) is 6.69. The standard InChI is InChI=1S/C16H26N4O4S/c1-12-14(7-18-19(12)3)25(22,23)20-6-4-5-13(8-20)15(21)17-9-16(2)10-24-11-16/h7,13H,4-6,8-11H2,1-3H3,(H,17,21)/t13-/m1/s1. The van der Waals surface area contributed by atoms with Gasteiger partial charge in [-0.3, -0.25) is 9.48 Å². The zero-order chi connectivity index (χ0) is 18.2. The Balaban J connectivity index is 1.66. The van der Waals surface area contributed by atoms with Crippen molar-refractivity contribution in [2.45, 2.75) is 31.6 Å². The molecule has 9 heteroatoms. The summed E-state index contributed by atoms with van der Waals surface area (Å²) in [5.41, 5.74) is 0.604. The Kier molecular flexibility index (Phi) is 4.91. The number of aryl methyl sites for hydroxylation is 1. The molecule has 1 N–H and O–H groups in total. The fourth-order valence-electron chi connectivity index (χ4n) is 3.24. The van der Waals surface area contributed by atoms with Gasteiger partial charge in [-0.25, -0.2) is 8.42 Å². The molecule has 2 saturated heterocycles. The molecule has 0 aromatic carbocycles. The molecule has 0 aliphatic carbocycles. The zero-order valence-corrected chi connectivity index (χ0v) is 15.8. The first-order valence-electron chi connectivity index (χ1n) is 8.57. The van der Waals surface area contributed by atoms with E-state index in [9.17, 15) is 13.2 Å². The number of nitrogens with one attached hydrogen (secondary N) is 1. The third kappa shape index (κ3) is 3.58. The predicted octanol–water partition coefficient (Wildman–Crippen LogP) is 0.282. The highest BCUT2D eigenvalue weighted by molar-refractivity contribution is 7.89. The molecule has 2 aliphatic rings. The van der Waals surface area contributed by atoms with Gasteiger partial charge in [0.2, 0.25) is 15.9 Å². The molecule has 1 aromatic rings. The van der Waals surface area contributed by atoms with E-state index in [0.29, 0.717) is 44.8 Å². The summed E-state index contributed by atoms with van der Waals surface area (Å²) in [6.45, 7) is 6.32. The van der Waals surface area contributed by atoms with Crippen LogP contribution in [0.1, 0.15) is 25.5 Å². The molecule has 25 heavy (non-hydrogen) atoms. The average Bonchev–Trinajstić information content (AvgIpc) is 2.91. The van der Waals surface area contributed by atoms with Crippen LogP contribution < -0.4 is 5.32 Å². The van der Waals surface area contributed by atoms with Crippen molar-refractivity contribution in [1.82, 2.24) is 19.4 Å². The smallest absolute Gasteiger partial charge is 0.246 e. The van der Waals surface area contributed by atoms with Crippen molar-refractivity contribution in [3.05, 3.63) is 11.9 Å². The minimum atomic E-state index is -3.63. The number of amides is 1. The van der Waals surface area contributed by atoms with E-state index in [1.165, 1.54) is 10.5 Å². The number of hydrogen-bond donors (Lipinski definition) is 1. The first kappa shape index (κ1) is 18.3. The number of sulfonamides is 1. The van der Waals surface area contributed by atoms with Crippen LogP contribution in [0.25, 0.3) is 0 Å². The molecule has 0 saturated carbocycles. The summed E-state index contributed by atoms with van der Waals surface area (Å²) in [4.78, 5) is 12.7. The lowest BCUT2D eigenvalue weighted by Crippen LogP contribution is -2.51. The van der Waals surface area contributed by atoms with Crippen molar-refractivity contribution >= 4 is 15.9 Å². The summed E-state index contributed by atoms with van der Waals surface area (Å²) in [5, 5.41) is 6.99. The molecule has 8 nitrogen and oxygen atoms in total. The number of ether oxygens (including phenoxy) is 1. The van der Waals surface area contributed by atoms with Crippen LogP contribution in [0.5, 0.6) is 0 Å². The molecule has 140 valence electrons. The van der Waals surface area contributed by atoms with Crippen LogP contribution in [-0.4, -0.2) is 61.3 Å². The zero-order valence-electron chi connectivity index (χ0n) is 15.0. The largest absolute Gasteiger partial charge is 0.380 e. The topological polar surface area (TPSA) is 93.5 Å². The van der Waals surface area contributed by atoms with E-state index in [4.69, 9.17) is 4.74 Å². The van der Waals surface area contributed by atoms with Crippen LogP contribution in [0.4, 0.5) is 0 Å². The second-order valence-electron chi connectivity index (χ2n) is 7.44. The molecule has 0 bridgehead atoms. The summed E-state index contributed by atoms with van der Waals surface area (Å²) in [6, 6.07) is 0. The first-order valence-corrected chi connectivity index (χ1v) is 10.0. The highest BCUT2D eigenvalue weighted by Crippen LogP contribution is 2.27. The van der Waals surface area contributed by atoms with Crippen molar-refractivity contribution in [2.24, 2.45) is 18.4 Å². The van der Waals surface area contributed by atoms with Gasteiger partial charge in [-0.05, 0) is 19.8 Å². The van der Waals surface area contributed by atoms with E-state index in [1.807, 2.05) is 0 Å². The number of rotatable bonds is 5. The van der Waals surface area contributed by atoms with Gasteiger partial charge < -0.3 is 10.1 Å². The van der Waals surface area contributed by atoms with Crippen LogP contribution in [0.2, 0.25) is 0 Å². The number of nitrogens with zero attached hydrogens (tertiary/aromatic N) is 3. The van der Waals surface area contributed by atoms with Gasteiger partial charge in [-0.15, -0.1) is 0 Å². The maximum absolute atomic E-state index is 12.9. The van der Waals surface area contributed by atoms with Crippen LogP contribution >= 0.6 is 0 Å². The minimum absolute atomic E-state index is 0.00289. The second-order valence-corrected chi connectivity index (χ2v) is 9.35. The fraction of sp³-hybridized carbons (Fsp3) is 0.750. The number of carbonyl (C=O) groups excluding carboxylic acids is 1. The van der Waals surface area contributed by atoms with Gasteiger partial charge in [0.05, 0.1) is 31.0 Å². The van der Waals surface area contributed by atoms with E-state index in [-0.39, 0.29) is 28.7 Å². The summed E-state index contributed by atoms with van der Waals surface area (Å²) in [6.07, 6.45) is 2.76. The third-order valence-corrected chi connectivity index (χ3v) is 7.12. The molecule has 1 amide bonds. The van der Waals surface area contributed by atoms with Gasteiger partial charge in [0, 0.05) is 32.1 Å². The first-order chi connectivity index (χ1) is 11.7. The van der Waals surface area contributed by atoms with E-state index in [0.717, 1.165) is 0 Å². The molecule has 2 aliphatic heterocycles. The number of hydrogen-bond acceptors (Lipinski definition) is 5. The summed E-state index contributed by atoms with van der Waals surface area (Å²) >= 11 is 0. The molecule has 1 aromatic heterocycles. The van der Waals surface area contributed by atoms with Crippen LogP contribution in [0, 0.1) is 18.3 Å². The molecule has 3 heterocycles. The van der Waals surface area contributed by atoms with Crippen molar-refractivity contribution in [3.63, 3.8) is 0 Å². The summed E-state index contributed by atoms with van der Waals surface area (Å²) in [5.74, 6) is -0.388. The number of piperidine rings is 1. The lowest BCUT2D eigenvalue weighted by Gasteiger charge is -2.38. The highest BCUT2D eigenvalue weighted by atomic mass is 32.2. The highest BCUT2D eigenvalue weighted by Gasteiger charge is 2.37. The summed E-state index contributed by atoms with van der Waals surface area (Å²) < 4.78 is 33.9. The third-order valence-electron chi connectivity index (χ3n) is 5.15. The number of aromatic nitrogens is 2. The maximum atomic E-state index is 12.9. The molecule has 0 spiro atoms. The van der Waals surface area contributed by atoms with Crippen LogP contribution in [0.3, 0.4) is 0 Å². The molecular formula is C16H26N4O4S. The Morgan fingerprint density at radius 1 is 1.48 bits per heavy atom. The Hall–Kier alpha value is -1.45. The van der Waals surface area contributed by atoms with Gasteiger partial charge in [0.15, 0.2) is 0 Å². The molecule has 1 atom stereocenters. The average molecular weight is 370 g/mol. The van der Waals surface area contributed by atoms with Gasteiger partial charge in [0.25, 0.3) is 0 Å². The van der Waals surface area contributed by atoms with E-state index < -0.39 is 10.0 Å². The van der Waals surface area contributed by atoms with Crippen molar-refractivity contribution < 1.29 is 17.9 Å². The molecule has 3 rings (SSSR count). The predicted molar refractivity (Wildman–Crippen MR) is 91.4 cm³/mol. The number of carbonyl (C=O) groups is 1. The van der Waals surface area contributed by atoms with Crippen molar-refractivity contribution in [3.8, 4) is 0 Å². The van der Waals surface area contributed by atoms with Crippen LogP contribution in [-0.2, 0) is 26.6 Å². The lowest BCUT2D eigenvalue weighted by atomic mass is 9.88. The van der Waals surface area contributed by atoms with Gasteiger partial charge in [-0.1, -0.05) is 6.92 Å². The molecule has 0 radical (unpaired) electrons. The molecular weight excluding hydrogens is 344 g/mol. The van der Waals surface area contributed by atoms with E-state index in [2.05, 4.69) is 17.3 Å². The Morgan fingerprint density at radius 3 is 2.76 bits per heavy atom. The van der Waals surface area contributed by atoms with Crippen molar-refractivity contribution in [2.75, 3.05) is 32.8 Å². The van der Waals surface area contributed by atoms with Gasteiger partial charge >= 0.3 is 0 Å². The SMILES string of the molecule is Cc1c(S(=O)(=O)N2CCC[C@@H](C(=O)NCC3(C)COC3)C2)cnn1C. The van der Waals surface area contributed by atoms with Gasteiger partial charge in [0.1, 0.15) is 4.90 Å². The normalized spacial score (nSPS) is 23.9. The van der Waals surface area contributed by atoms with E-state index >= 15 is 0 Å². The molecule has 0 unspecified atom stereocenters. The molecule has 2 fully saturated rings. The quantitative estimate of drug-likeness (QED) is 0.804. The maximum Gasteiger partial charge on any atom is 0.246 e. The van der Waals surface area contributed by atoms with Gasteiger partial charge in [-0.2, -0.15) is 9.40 Å². The van der Waals surface area contributed by atoms with E-state index in [1.54, 1.807) is 18.7 Å². The summed E-state index contributed by atoms with van der Waals surface area (Å²) in [7, 11) is -1.91. The Morgan fingerprint density at radius 2 is 2.20 bits per heavy atom.